The molecule has 48 heavy (non-hydrogen) atoms. The minimum Gasteiger partial charge on any atom is -0.497 e. The van der Waals surface area contributed by atoms with Crippen LogP contribution in [-0.4, -0.2) is 76.4 Å². The molecule has 1 aliphatic carbocycles. The van der Waals surface area contributed by atoms with Gasteiger partial charge in [-0.1, -0.05) is 40.7 Å². The summed E-state index contributed by atoms with van der Waals surface area (Å²) >= 11 is 0. The quantitative estimate of drug-likeness (QED) is 0.373. The Morgan fingerprint density at radius 2 is 1.81 bits per heavy atom. The van der Waals surface area contributed by atoms with Crippen molar-refractivity contribution in [2.45, 2.75) is 117 Å². The lowest BCUT2D eigenvalue weighted by atomic mass is 9.85. The van der Waals surface area contributed by atoms with Crippen molar-refractivity contribution in [3.05, 3.63) is 30.0 Å². The van der Waals surface area contributed by atoms with Crippen LogP contribution in [0.4, 0.5) is 4.79 Å². The monoisotopic (exact) mass is 664 g/mol. The van der Waals surface area contributed by atoms with Gasteiger partial charge in [-0.15, -0.1) is 0 Å². The van der Waals surface area contributed by atoms with Crippen molar-refractivity contribution in [3.8, 4) is 11.6 Å². The van der Waals surface area contributed by atoms with Crippen molar-refractivity contribution >= 4 is 35.1 Å². The van der Waals surface area contributed by atoms with Crippen LogP contribution in [0.5, 0.6) is 11.6 Å². The highest BCUT2D eigenvalue weighted by molar-refractivity contribution is 5.91. The van der Waals surface area contributed by atoms with Gasteiger partial charge in [-0.05, 0) is 88.3 Å². The highest BCUT2D eigenvalue weighted by Gasteiger charge is 2.53. The van der Waals surface area contributed by atoms with E-state index < -0.39 is 53.1 Å². The molecule has 6 atom stereocenters. The fraction of sp³-hybridized carbons (Fsp3) is 0.649. The Hall–Kier alpha value is -3.89. The molecular formula is C37H52N4O7. The van der Waals surface area contributed by atoms with Crippen molar-refractivity contribution in [2.75, 3.05) is 13.7 Å². The number of alkyl carbamates (subject to hydrolysis) is 1. The number of fused-ring (bicyclic) bond motifs is 5. The summed E-state index contributed by atoms with van der Waals surface area (Å²) in [6.45, 7) is 15.3. The number of benzene rings is 1. The Bertz CT molecular complexity index is 1540. The molecule has 2 amide bonds. The van der Waals surface area contributed by atoms with Gasteiger partial charge in [0, 0.05) is 12.0 Å². The van der Waals surface area contributed by atoms with Crippen LogP contribution in [0.25, 0.3) is 17.1 Å². The van der Waals surface area contributed by atoms with E-state index in [4.69, 9.17) is 28.9 Å². The van der Waals surface area contributed by atoms with Crippen LogP contribution in [0, 0.1) is 23.2 Å². The molecular weight excluding hydrogens is 612 g/mol. The summed E-state index contributed by atoms with van der Waals surface area (Å²) in [5, 5.41) is 2.87. The fourth-order valence-corrected chi connectivity index (χ4v) is 6.68. The smallest absolute Gasteiger partial charge is 0.408 e. The van der Waals surface area contributed by atoms with Gasteiger partial charge >= 0.3 is 12.1 Å². The molecule has 262 valence electrons. The van der Waals surface area contributed by atoms with Crippen LogP contribution >= 0.6 is 0 Å². The molecule has 5 rings (SSSR count). The Morgan fingerprint density at radius 1 is 1.06 bits per heavy atom. The normalized spacial score (nSPS) is 26.8. The number of carbonyl (C=O) groups is 3. The Balaban J connectivity index is 1.62. The molecule has 3 heterocycles. The molecule has 0 spiro atoms. The summed E-state index contributed by atoms with van der Waals surface area (Å²) in [6, 6.07) is 3.61. The van der Waals surface area contributed by atoms with Crippen molar-refractivity contribution in [3.63, 3.8) is 0 Å². The highest BCUT2D eigenvalue weighted by Crippen LogP contribution is 2.40. The van der Waals surface area contributed by atoms with Crippen LogP contribution in [0.15, 0.2) is 24.3 Å². The molecule has 11 nitrogen and oxygen atoms in total. The van der Waals surface area contributed by atoms with Crippen molar-refractivity contribution in [1.82, 2.24) is 20.2 Å². The number of esters is 1. The Kier molecular flexibility index (Phi) is 10.3. The van der Waals surface area contributed by atoms with Gasteiger partial charge in [0.05, 0.1) is 24.7 Å². The molecule has 3 aliphatic rings. The second kappa shape index (κ2) is 13.9. The third-order valence-corrected chi connectivity index (χ3v) is 9.11. The molecule has 11 heteroatoms. The van der Waals surface area contributed by atoms with Crippen LogP contribution < -0.4 is 14.8 Å². The van der Waals surface area contributed by atoms with Crippen LogP contribution in [0.3, 0.4) is 0 Å². The molecule has 1 unspecified atom stereocenters. The van der Waals surface area contributed by atoms with Crippen molar-refractivity contribution < 1.29 is 33.3 Å². The maximum absolute atomic E-state index is 14.6. The van der Waals surface area contributed by atoms with Gasteiger partial charge in [-0.25, -0.2) is 19.6 Å². The number of hydrogen-bond acceptors (Lipinski definition) is 9. The zero-order valence-corrected chi connectivity index (χ0v) is 29.9. The van der Waals surface area contributed by atoms with Gasteiger partial charge in [0.25, 0.3) is 0 Å². The van der Waals surface area contributed by atoms with Gasteiger partial charge in [0.2, 0.25) is 11.8 Å². The minimum absolute atomic E-state index is 0.0924. The SMILES string of the molecule is COc1ccc2nc3c(nc2c1)O[C@H]1CN(C(=O)[C@H](C(C)(C)C)NC(=O)O[C@@H]2C[C@H]2CCCC=C3)[C@H](C(=O)OC(C)(C)C)C1CC(C)C. The molecule has 1 N–H and O–H groups in total. The van der Waals surface area contributed by atoms with E-state index in [0.29, 0.717) is 34.8 Å². The van der Waals surface area contributed by atoms with E-state index in [9.17, 15) is 14.4 Å². The third kappa shape index (κ3) is 8.39. The first-order valence-corrected chi connectivity index (χ1v) is 17.2. The van der Waals surface area contributed by atoms with Gasteiger partial charge in [0.1, 0.15) is 41.3 Å². The summed E-state index contributed by atoms with van der Waals surface area (Å²) in [5.74, 6) is 0.0964. The second-order valence-electron chi connectivity index (χ2n) is 15.9. The maximum Gasteiger partial charge on any atom is 0.408 e. The van der Waals surface area contributed by atoms with Gasteiger partial charge in [-0.3, -0.25) is 4.79 Å². The number of nitrogens with zero attached hydrogens (tertiary/aromatic N) is 3. The molecule has 1 saturated heterocycles. The lowest BCUT2D eigenvalue weighted by molar-refractivity contribution is -0.165. The number of allylic oxidation sites excluding steroid dienone is 1. The lowest BCUT2D eigenvalue weighted by Crippen LogP contribution is -2.58. The first-order chi connectivity index (χ1) is 22.5. The molecule has 1 aromatic heterocycles. The molecule has 1 saturated carbocycles. The molecule has 0 radical (unpaired) electrons. The standard InChI is InChI=1S/C37H52N4O7/c1-21(2)17-24-29-20-41(30(24)34(43)48-37(6,7)8)33(42)31(36(3,4)5)40-35(44)47-28-18-22(28)13-11-10-12-14-26-32(46-29)39-27-19-23(45-9)15-16-25(27)38-26/h12,14-16,19,21-22,24,28-31H,10-11,13,17-18,20H2,1-9H3,(H,40,44)/t22-,24?,28-,29+,30+,31-/m1/s1. The van der Waals surface area contributed by atoms with E-state index in [1.165, 1.54) is 4.90 Å². The average Bonchev–Trinajstić information content (AvgIpc) is 3.62. The zero-order chi connectivity index (χ0) is 35.0. The second-order valence-corrected chi connectivity index (χ2v) is 15.9. The number of hydrogen-bond donors (Lipinski definition) is 1. The largest absolute Gasteiger partial charge is 0.497 e. The van der Waals surface area contributed by atoms with Crippen molar-refractivity contribution in [2.24, 2.45) is 23.2 Å². The number of amides is 2. The average molecular weight is 665 g/mol. The highest BCUT2D eigenvalue weighted by atomic mass is 16.6. The summed E-state index contributed by atoms with van der Waals surface area (Å²) in [6.07, 6.45) is 6.62. The number of ether oxygens (including phenoxy) is 4. The van der Waals surface area contributed by atoms with Crippen LogP contribution in [0.2, 0.25) is 0 Å². The van der Waals surface area contributed by atoms with Gasteiger partial charge < -0.3 is 29.2 Å². The minimum atomic E-state index is -0.962. The van der Waals surface area contributed by atoms with Gasteiger partial charge in [-0.2, -0.15) is 0 Å². The number of nitrogens with one attached hydrogen (secondary N) is 1. The van der Waals surface area contributed by atoms with Crippen molar-refractivity contribution in [1.29, 1.82) is 0 Å². The first kappa shape index (κ1) is 35.4. The van der Waals surface area contributed by atoms with E-state index in [2.05, 4.69) is 25.2 Å². The molecule has 2 aliphatic heterocycles. The Labute approximate surface area is 284 Å². The van der Waals surface area contributed by atoms with E-state index in [-0.39, 0.29) is 24.5 Å². The number of rotatable bonds is 4. The van der Waals surface area contributed by atoms with E-state index in [0.717, 1.165) is 25.7 Å². The topological polar surface area (TPSA) is 129 Å². The summed E-state index contributed by atoms with van der Waals surface area (Å²) < 4.78 is 23.9. The molecule has 2 aromatic rings. The van der Waals surface area contributed by atoms with E-state index in [1.807, 2.05) is 65.8 Å². The van der Waals surface area contributed by atoms with Crippen LogP contribution in [0.1, 0.15) is 93.2 Å². The Morgan fingerprint density at radius 3 is 2.48 bits per heavy atom. The summed E-state index contributed by atoms with van der Waals surface area (Å²) in [5.41, 5.74) is 0.399. The molecule has 2 bridgehead atoms. The van der Waals surface area contributed by atoms with Gasteiger partial charge in [0.15, 0.2) is 0 Å². The predicted octanol–water partition coefficient (Wildman–Crippen LogP) is 6.33. The number of carbonyl (C=O) groups excluding carboxylic acids is 3. The van der Waals surface area contributed by atoms with E-state index in [1.54, 1.807) is 7.11 Å². The fourth-order valence-electron chi connectivity index (χ4n) is 6.68. The number of methoxy groups -OCH3 is 1. The molecule has 1 aromatic carbocycles. The predicted molar refractivity (Wildman–Crippen MR) is 182 cm³/mol. The third-order valence-electron chi connectivity index (χ3n) is 9.11. The molecule has 2 fully saturated rings. The van der Waals surface area contributed by atoms with E-state index >= 15 is 0 Å². The van der Waals surface area contributed by atoms with Crippen LogP contribution in [-0.2, 0) is 19.1 Å². The zero-order valence-electron chi connectivity index (χ0n) is 29.9. The first-order valence-electron chi connectivity index (χ1n) is 17.2. The maximum atomic E-state index is 14.6. The summed E-state index contributed by atoms with van der Waals surface area (Å²) in [4.78, 5) is 53.2. The summed E-state index contributed by atoms with van der Waals surface area (Å²) in [7, 11) is 1.60. The lowest BCUT2D eigenvalue weighted by Gasteiger charge is -2.36. The number of aromatic nitrogens is 2.